The third kappa shape index (κ3) is 3.96. The monoisotopic (exact) mass is 458 g/mol. The molecule has 1 aliphatic heterocycles. The Morgan fingerprint density at radius 2 is 1.91 bits per heavy atom. The van der Waals surface area contributed by atoms with Gasteiger partial charge in [0.2, 0.25) is 5.95 Å². The first-order valence-corrected chi connectivity index (χ1v) is 11.6. The fourth-order valence-electron chi connectivity index (χ4n) is 4.31. The number of nitrogens with zero attached hydrogens (tertiary/aromatic N) is 6. The van der Waals surface area contributed by atoms with Gasteiger partial charge in [-0.1, -0.05) is 26.8 Å². The van der Waals surface area contributed by atoms with Gasteiger partial charge in [0.15, 0.2) is 11.5 Å². The van der Waals surface area contributed by atoms with E-state index in [4.69, 9.17) is 4.98 Å². The Morgan fingerprint density at radius 3 is 2.68 bits per heavy atom. The number of nitrogens with one attached hydrogen (secondary N) is 2. The normalized spacial score (nSPS) is 13.9. The number of aromatic nitrogens is 6. The van der Waals surface area contributed by atoms with Crippen molar-refractivity contribution < 1.29 is 0 Å². The maximum Gasteiger partial charge on any atom is 0.278 e. The Morgan fingerprint density at radius 1 is 1.09 bits per heavy atom. The van der Waals surface area contributed by atoms with Crippen molar-refractivity contribution in [1.29, 1.82) is 0 Å². The van der Waals surface area contributed by atoms with Gasteiger partial charge in [0, 0.05) is 36.0 Å². The van der Waals surface area contributed by atoms with Crippen molar-refractivity contribution in [3.8, 4) is 5.82 Å². The van der Waals surface area contributed by atoms with Gasteiger partial charge < -0.3 is 10.6 Å². The summed E-state index contributed by atoms with van der Waals surface area (Å²) in [6, 6.07) is 8.14. The second-order valence-electron chi connectivity index (χ2n) is 10.0. The van der Waals surface area contributed by atoms with Gasteiger partial charge in [-0.25, -0.2) is 24.3 Å². The van der Waals surface area contributed by atoms with Crippen LogP contribution in [0.15, 0.2) is 41.6 Å². The first kappa shape index (κ1) is 22.2. The predicted molar refractivity (Wildman–Crippen MR) is 133 cm³/mol. The van der Waals surface area contributed by atoms with E-state index in [-0.39, 0.29) is 17.0 Å². The van der Waals surface area contributed by atoms with Gasteiger partial charge in [-0.2, -0.15) is 4.98 Å². The van der Waals surface area contributed by atoms with Crippen molar-refractivity contribution in [2.45, 2.75) is 59.0 Å². The molecule has 0 atom stereocenters. The van der Waals surface area contributed by atoms with E-state index in [2.05, 4.69) is 58.5 Å². The molecule has 2 N–H and O–H groups in total. The highest BCUT2D eigenvalue weighted by molar-refractivity contribution is 5.77. The van der Waals surface area contributed by atoms with Gasteiger partial charge in [0.05, 0.1) is 5.69 Å². The number of hydrogen-bond donors (Lipinski definition) is 2. The van der Waals surface area contributed by atoms with Crippen molar-refractivity contribution >= 4 is 22.7 Å². The summed E-state index contributed by atoms with van der Waals surface area (Å²) >= 11 is 0. The van der Waals surface area contributed by atoms with Gasteiger partial charge >= 0.3 is 0 Å². The fraction of sp³-hybridized carbons (Fsp3) is 0.400. The number of fused-ring (bicyclic) bond motifs is 2. The van der Waals surface area contributed by atoms with Crippen LogP contribution in [-0.2, 0) is 18.4 Å². The lowest BCUT2D eigenvalue weighted by molar-refractivity contribution is 0.470. The molecule has 4 heterocycles. The van der Waals surface area contributed by atoms with Crippen LogP contribution in [0.4, 0.5) is 11.6 Å². The molecule has 9 heteroatoms. The van der Waals surface area contributed by atoms with E-state index in [0.717, 1.165) is 30.9 Å². The summed E-state index contributed by atoms with van der Waals surface area (Å²) < 4.78 is 3.45. The molecule has 9 nitrogen and oxygen atoms in total. The van der Waals surface area contributed by atoms with Crippen LogP contribution >= 0.6 is 0 Å². The minimum atomic E-state index is -0.160. The molecule has 0 unspecified atom stereocenters. The van der Waals surface area contributed by atoms with Crippen LogP contribution in [0.25, 0.3) is 16.9 Å². The highest BCUT2D eigenvalue weighted by Crippen LogP contribution is 2.25. The highest BCUT2D eigenvalue weighted by Gasteiger charge is 2.22. The maximum atomic E-state index is 13.3. The molecule has 4 aromatic rings. The quantitative estimate of drug-likeness (QED) is 0.481. The fourth-order valence-corrected chi connectivity index (χ4v) is 4.31. The molecule has 34 heavy (non-hydrogen) atoms. The van der Waals surface area contributed by atoms with Crippen molar-refractivity contribution in [2.24, 2.45) is 0 Å². The Hall–Kier alpha value is -3.59. The summed E-state index contributed by atoms with van der Waals surface area (Å²) in [6.07, 6.45) is 4.16. The molecule has 3 aromatic heterocycles. The molecule has 5 rings (SSSR count). The van der Waals surface area contributed by atoms with Crippen molar-refractivity contribution in [3.05, 3.63) is 64.0 Å². The molecule has 176 valence electrons. The minimum Gasteiger partial charge on any atom is -0.324 e. The Labute approximate surface area is 198 Å². The summed E-state index contributed by atoms with van der Waals surface area (Å²) in [6.45, 7) is 12.1. The molecule has 0 bridgehead atoms. The van der Waals surface area contributed by atoms with E-state index < -0.39 is 0 Å². The molecule has 0 amide bonds. The van der Waals surface area contributed by atoms with E-state index in [9.17, 15) is 4.79 Å². The SMILES string of the molecule is CC(C)n1c(=O)c2cnc(Nc3ccc4c(c3)CNCC4)nc2n1-c1cc(C(C)(C)C)ncn1. The lowest BCUT2D eigenvalue weighted by atomic mass is 9.92. The average molecular weight is 459 g/mol. The Bertz CT molecular complexity index is 1430. The average Bonchev–Trinajstić information content (AvgIpc) is 3.10. The summed E-state index contributed by atoms with van der Waals surface area (Å²) in [5.41, 5.74) is 4.64. The predicted octanol–water partition coefficient (Wildman–Crippen LogP) is 3.64. The lowest BCUT2D eigenvalue weighted by Crippen LogP contribution is -2.25. The number of hydrogen-bond acceptors (Lipinski definition) is 7. The van der Waals surface area contributed by atoms with Gasteiger partial charge in [-0.3, -0.25) is 4.79 Å². The number of rotatable bonds is 4. The van der Waals surface area contributed by atoms with Crippen LogP contribution < -0.4 is 16.2 Å². The van der Waals surface area contributed by atoms with E-state index in [1.807, 2.05) is 26.0 Å². The largest absolute Gasteiger partial charge is 0.324 e. The molecule has 0 spiro atoms. The van der Waals surface area contributed by atoms with E-state index in [1.54, 1.807) is 21.9 Å². The molecule has 1 aromatic carbocycles. The second kappa shape index (κ2) is 8.32. The molecule has 0 aliphatic carbocycles. The standard InChI is InChI=1S/C25H30N8O/c1-15(2)32-23(34)19-13-27-24(30-18-7-6-16-8-9-26-12-17(16)10-18)31-22(19)33(32)21-11-20(25(3,4)5)28-14-29-21/h6-7,10-11,13-15,26H,8-9,12H2,1-5H3,(H,27,30,31). The molecule has 1 aliphatic rings. The molecule has 0 saturated heterocycles. The van der Waals surface area contributed by atoms with E-state index >= 15 is 0 Å². The zero-order valence-corrected chi connectivity index (χ0v) is 20.3. The highest BCUT2D eigenvalue weighted by atomic mass is 16.1. The van der Waals surface area contributed by atoms with Crippen molar-refractivity contribution in [1.82, 2.24) is 34.6 Å². The van der Waals surface area contributed by atoms with Crippen LogP contribution in [0.3, 0.4) is 0 Å². The Kier molecular flexibility index (Phi) is 5.44. The summed E-state index contributed by atoms with van der Waals surface area (Å²) in [7, 11) is 0. The molecule has 0 radical (unpaired) electrons. The summed E-state index contributed by atoms with van der Waals surface area (Å²) in [4.78, 5) is 31.4. The first-order chi connectivity index (χ1) is 16.2. The first-order valence-electron chi connectivity index (χ1n) is 11.6. The molecular formula is C25H30N8O. The third-order valence-corrected chi connectivity index (χ3v) is 6.10. The summed E-state index contributed by atoms with van der Waals surface area (Å²) in [5, 5.41) is 7.16. The number of benzene rings is 1. The van der Waals surface area contributed by atoms with Crippen molar-refractivity contribution in [2.75, 3.05) is 11.9 Å². The Balaban J connectivity index is 1.63. The van der Waals surface area contributed by atoms with Gasteiger partial charge in [-0.15, -0.1) is 0 Å². The van der Waals surface area contributed by atoms with Crippen LogP contribution in [0, 0.1) is 0 Å². The lowest BCUT2D eigenvalue weighted by Gasteiger charge is -2.20. The van der Waals surface area contributed by atoms with Gasteiger partial charge in [0.1, 0.15) is 11.7 Å². The van der Waals surface area contributed by atoms with Crippen LogP contribution in [0.1, 0.15) is 57.5 Å². The summed E-state index contributed by atoms with van der Waals surface area (Å²) in [5.74, 6) is 1.03. The zero-order valence-electron chi connectivity index (χ0n) is 20.3. The van der Waals surface area contributed by atoms with E-state index in [0.29, 0.717) is 22.8 Å². The second-order valence-corrected chi connectivity index (χ2v) is 10.0. The van der Waals surface area contributed by atoms with Gasteiger partial charge in [0.25, 0.3) is 5.56 Å². The maximum absolute atomic E-state index is 13.3. The molecule has 0 saturated carbocycles. The van der Waals surface area contributed by atoms with Crippen LogP contribution in [-0.4, -0.2) is 35.8 Å². The minimum absolute atomic E-state index is 0.0979. The molecular weight excluding hydrogens is 428 g/mol. The topological polar surface area (TPSA) is 103 Å². The third-order valence-electron chi connectivity index (χ3n) is 6.10. The molecule has 0 fully saturated rings. The van der Waals surface area contributed by atoms with Gasteiger partial charge in [-0.05, 0) is 50.1 Å². The van der Waals surface area contributed by atoms with Crippen molar-refractivity contribution in [3.63, 3.8) is 0 Å². The van der Waals surface area contributed by atoms with Crippen LogP contribution in [0.2, 0.25) is 0 Å². The zero-order chi connectivity index (χ0) is 24.0. The smallest absolute Gasteiger partial charge is 0.278 e. The van der Waals surface area contributed by atoms with Crippen LogP contribution in [0.5, 0.6) is 0 Å². The van der Waals surface area contributed by atoms with E-state index in [1.165, 1.54) is 11.1 Å². The number of anilines is 2.